The van der Waals surface area contributed by atoms with E-state index < -0.39 is 77.1 Å². The monoisotopic (exact) mass is 880 g/mol. The Morgan fingerprint density at radius 1 is 0.729 bits per heavy atom. The second-order valence-electron chi connectivity index (χ2n) is 15.7. The number of phosphoric acid groups is 2. The number of esters is 2. The summed E-state index contributed by atoms with van der Waals surface area (Å²) in [7, 11) is -10.5. The van der Waals surface area contributed by atoms with E-state index in [0.29, 0.717) is 31.2 Å². The number of aromatic amines is 1. The quantitative estimate of drug-likeness (QED) is 0.0325. The van der Waals surface area contributed by atoms with Crippen molar-refractivity contribution in [1.82, 2.24) is 9.55 Å². The zero-order chi connectivity index (χ0) is 43.4. The Labute approximate surface area is 351 Å². The van der Waals surface area contributed by atoms with Crippen LogP contribution in [0.3, 0.4) is 0 Å². The molecule has 1 fully saturated rings. The lowest BCUT2D eigenvalue weighted by atomic mass is 10.1. The van der Waals surface area contributed by atoms with Gasteiger partial charge in [0.25, 0.3) is 5.56 Å². The molecule has 0 aromatic carbocycles. The molecule has 1 saturated heterocycles. The molecule has 5 atom stereocenters. The summed E-state index contributed by atoms with van der Waals surface area (Å²) in [6.45, 7) is 4.18. The first-order chi connectivity index (χ1) is 28.2. The Morgan fingerprint density at radius 2 is 1.20 bits per heavy atom. The number of nitrogens with one attached hydrogen (secondary N) is 1. The summed E-state index contributed by atoms with van der Waals surface area (Å²) < 4.78 is 57.4. The molecule has 1 aliphatic heterocycles. The highest BCUT2D eigenvalue weighted by Crippen LogP contribution is 2.60. The van der Waals surface area contributed by atoms with Crippen molar-refractivity contribution >= 4 is 27.6 Å². The van der Waals surface area contributed by atoms with Gasteiger partial charge in [0.2, 0.25) is 0 Å². The molecule has 0 bridgehead atoms. The van der Waals surface area contributed by atoms with Gasteiger partial charge in [-0.15, -0.1) is 0 Å². The highest BCUT2D eigenvalue weighted by Gasteiger charge is 2.38. The van der Waals surface area contributed by atoms with Crippen molar-refractivity contribution in [3.05, 3.63) is 32.6 Å². The summed E-state index contributed by atoms with van der Waals surface area (Å²) in [4.78, 5) is 71.9. The van der Waals surface area contributed by atoms with Crippen LogP contribution in [0.1, 0.15) is 193 Å². The van der Waals surface area contributed by atoms with E-state index in [2.05, 4.69) is 23.1 Å². The number of phosphoric ester groups is 2. The minimum Gasteiger partial charge on any atom is -0.462 e. The molecule has 1 aromatic heterocycles. The van der Waals surface area contributed by atoms with E-state index >= 15 is 0 Å². The summed E-state index contributed by atoms with van der Waals surface area (Å²) >= 11 is 0. The van der Waals surface area contributed by atoms with Crippen molar-refractivity contribution in [2.75, 3.05) is 19.8 Å². The fourth-order valence-electron chi connectivity index (χ4n) is 6.83. The first kappa shape index (κ1) is 53.0. The van der Waals surface area contributed by atoms with Crippen LogP contribution in [0.4, 0.5) is 0 Å². The molecule has 3 N–H and O–H groups in total. The maximum Gasteiger partial charge on any atom is 0.481 e. The van der Waals surface area contributed by atoms with Gasteiger partial charge in [-0.05, 0) is 32.6 Å². The number of nitrogens with zero attached hydrogens (tertiary/aromatic N) is 1. The van der Waals surface area contributed by atoms with Gasteiger partial charge in [0, 0.05) is 24.6 Å². The first-order valence-corrected chi connectivity index (χ1v) is 25.2. The minimum absolute atomic E-state index is 0.0910. The number of aryl methyl sites for hydroxylation is 1. The summed E-state index contributed by atoms with van der Waals surface area (Å²) in [6, 6.07) is 0. The third-order valence-electron chi connectivity index (χ3n) is 10.3. The second kappa shape index (κ2) is 30.8. The predicted molar refractivity (Wildman–Crippen MR) is 225 cm³/mol. The van der Waals surface area contributed by atoms with E-state index in [1.165, 1.54) is 101 Å². The third-order valence-corrected chi connectivity index (χ3v) is 12.9. The molecular formula is C41H74N2O14P2. The fraction of sp³-hybridized carbons (Fsp3) is 0.854. The zero-order valence-electron chi connectivity index (χ0n) is 36.0. The van der Waals surface area contributed by atoms with E-state index in [1.54, 1.807) is 0 Å². The van der Waals surface area contributed by atoms with E-state index in [9.17, 15) is 38.1 Å². The topological polar surface area (TPSA) is 219 Å². The number of unbranched alkanes of at least 4 members (excludes halogenated alkanes) is 20. The molecule has 0 spiro atoms. The van der Waals surface area contributed by atoms with Crippen LogP contribution in [-0.2, 0) is 46.3 Å². The average molecular weight is 881 g/mol. The SMILES string of the molecule is CCCCCCCCCCCCCC(=O)OCC(COP(=O)(O)OP(=O)(O)OC[C@@H]1CC[C@H](n2cc(C)c(=O)[nH]c2=O)O1)OC(=O)CCCCCCCCCCCCC. The summed E-state index contributed by atoms with van der Waals surface area (Å²) in [5.74, 6) is -1.11. The van der Waals surface area contributed by atoms with E-state index in [1.807, 2.05) is 0 Å². The molecule has 1 aromatic rings. The van der Waals surface area contributed by atoms with Crippen molar-refractivity contribution in [3.8, 4) is 0 Å². The standard InChI is InChI=1S/C41H74N2O14P2/c1-4-6-8-10-12-14-16-18-20-22-24-26-38(44)52-31-36(56-39(45)27-25-23-21-19-17-15-13-11-9-7-5-2)33-54-59(50,51)57-58(48,49)53-32-35-28-29-37(55-35)43-30-34(3)40(46)42-41(43)47/h30,35-37H,4-29,31-33H2,1-3H3,(H,48,49)(H,50,51)(H,42,46,47)/t35-,36?,37+/m0/s1. The average Bonchev–Trinajstić information content (AvgIpc) is 3.66. The van der Waals surface area contributed by atoms with Crippen LogP contribution in [-0.4, -0.2) is 63.3 Å². The van der Waals surface area contributed by atoms with Crippen LogP contribution in [0, 0.1) is 6.92 Å². The smallest absolute Gasteiger partial charge is 0.462 e. The lowest BCUT2D eigenvalue weighted by molar-refractivity contribution is -0.161. The maximum atomic E-state index is 12.8. The lowest BCUT2D eigenvalue weighted by Crippen LogP contribution is -2.33. The van der Waals surface area contributed by atoms with E-state index in [0.717, 1.165) is 44.9 Å². The van der Waals surface area contributed by atoms with Gasteiger partial charge in [-0.2, -0.15) is 4.31 Å². The molecule has 0 radical (unpaired) electrons. The summed E-state index contributed by atoms with van der Waals surface area (Å²) in [5, 5.41) is 0. The zero-order valence-corrected chi connectivity index (χ0v) is 37.7. The molecule has 2 rings (SSSR count). The number of carbonyl (C=O) groups excluding carboxylic acids is 2. The highest BCUT2D eigenvalue weighted by atomic mass is 31.3. The molecule has 3 unspecified atom stereocenters. The molecular weight excluding hydrogens is 806 g/mol. The van der Waals surface area contributed by atoms with Crippen LogP contribution < -0.4 is 11.2 Å². The molecule has 18 heteroatoms. The van der Waals surface area contributed by atoms with Crippen LogP contribution >= 0.6 is 15.6 Å². The second-order valence-corrected chi connectivity index (χ2v) is 18.8. The van der Waals surface area contributed by atoms with Gasteiger partial charge < -0.3 is 24.0 Å². The van der Waals surface area contributed by atoms with Gasteiger partial charge >= 0.3 is 33.3 Å². The number of hydrogen-bond acceptors (Lipinski definition) is 12. The van der Waals surface area contributed by atoms with Crippen LogP contribution in [0.15, 0.2) is 15.8 Å². The fourth-order valence-corrected chi connectivity index (χ4v) is 8.96. The number of carbonyl (C=O) groups is 2. The number of rotatable bonds is 36. The van der Waals surface area contributed by atoms with Gasteiger partial charge in [-0.1, -0.05) is 142 Å². The molecule has 16 nitrogen and oxygen atoms in total. The highest BCUT2D eigenvalue weighted by molar-refractivity contribution is 7.61. The largest absolute Gasteiger partial charge is 0.481 e. The Bertz CT molecular complexity index is 1540. The number of hydrogen-bond donors (Lipinski definition) is 3. The predicted octanol–water partition coefficient (Wildman–Crippen LogP) is 9.63. The maximum absolute atomic E-state index is 12.8. The Kier molecular flexibility index (Phi) is 27.7. The van der Waals surface area contributed by atoms with Crippen molar-refractivity contribution in [1.29, 1.82) is 0 Å². The van der Waals surface area contributed by atoms with E-state index in [-0.39, 0.29) is 12.8 Å². The third kappa shape index (κ3) is 25.4. The Hall–Kier alpha value is -2.16. The van der Waals surface area contributed by atoms with Crippen LogP contribution in [0.2, 0.25) is 0 Å². The number of aromatic nitrogens is 2. The number of ether oxygens (including phenoxy) is 3. The number of H-pyrrole nitrogens is 1. The molecule has 0 saturated carbocycles. The van der Waals surface area contributed by atoms with Crippen molar-refractivity contribution in [2.24, 2.45) is 0 Å². The Balaban J connectivity index is 1.81. The molecule has 59 heavy (non-hydrogen) atoms. The Morgan fingerprint density at radius 3 is 1.73 bits per heavy atom. The van der Waals surface area contributed by atoms with Gasteiger partial charge in [0.05, 0.1) is 19.3 Å². The van der Waals surface area contributed by atoms with Gasteiger partial charge in [0.15, 0.2) is 6.10 Å². The molecule has 342 valence electrons. The lowest BCUT2D eigenvalue weighted by Gasteiger charge is -2.21. The molecule has 1 aliphatic rings. The summed E-state index contributed by atoms with van der Waals surface area (Å²) in [6.07, 6.45) is 24.0. The normalized spacial score (nSPS) is 18.0. The summed E-state index contributed by atoms with van der Waals surface area (Å²) in [5.41, 5.74) is -0.920. The van der Waals surface area contributed by atoms with Crippen molar-refractivity contribution in [3.63, 3.8) is 0 Å². The molecule has 0 amide bonds. The minimum atomic E-state index is -5.28. The van der Waals surface area contributed by atoms with E-state index in [4.69, 9.17) is 23.3 Å². The van der Waals surface area contributed by atoms with Crippen molar-refractivity contribution < 1.29 is 56.1 Å². The molecule has 0 aliphatic carbocycles. The van der Waals surface area contributed by atoms with Gasteiger partial charge in [-0.25, -0.2) is 13.9 Å². The molecule has 2 heterocycles. The van der Waals surface area contributed by atoms with Crippen LogP contribution in [0.5, 0.6) is 0 Å². The van der Waals surface area contributed by atoms with Crippen molar-refractivity contribution in [2.45, 2.75) is 206 Å². The van der Waals surface area contributed by atoms with Gasteiger partial charge in [0.1, 0.15) is 12.8 Å². The van der Waals surface area contributed by atoms with Gasteiger partial charge in [-0.3, -0.25) is 33.0 Å². The first-order valence-electron chi connectivity index (χ1n) is 22.2. The van der Waals surface area contributed by atoms with Crippen LogP contribution in [0.25, 0.3) is 0 Å².